The van der Waals surface area contributed by atoms with Gasteiger partial charge >= 0.3 is 0 Å². The van der Waals surface area contributed by atoms with E-state index in [1.165, 1.54) is 0 Å². The first-order valence-corrected chi connectivity index (χ1v) is 5.12. The Hall–Kier alpha value is -0.570. The zero-order valence-electron chi connectivity index (χ0n) is 8.07. The van der Waals surface area contributed by atoms with Crippen molar-refractivity contribution in [2.45, 2.75) is 19.1 Å². The van der Waals surface area contributed by atoms with Crippen LogP contribution in [0.4, 0.5) is 0 Å². The number of halogens is 1. The lowest BCUT2D eigenvalue weighted by Gasteiger charge is -2.12. The first-order valence-electron chi connectivity index (χ1n) is 4.74. The second kappa shape index (κ2) is 4.30. The minimum absolute atomic E-state index is 0.108. The molecule has 1 fully saturated rings. The van der Waals surface area contributed by atoms with E-state index in [9.17, 15) is 0 Å². The quantitative estimate of drug-likeness (QED) is 0.716. The van der Waals surface area contributed by atoms with Gasteiger partial charge in [-0.25, -0.2) is 0 Å². The molecule has 1 saturated heterocycles. The average molecular weight is 213 g/mol. The van der Waals surface area contributed by atoms with E-state index in [2.05, 4.69) is 0 Å². The van der Waals surface area contributed by atoms with Gasteiger partial charge in [0.1, 0.15) is 6.10 Å². The van der Waals surface area contributed by atoms with Crippen molar-refractivity contribution in [1.82, 2.24) is 0 Å². The number of benzene rings is 1. The predicted molar refractivity (Wildman–Crippen MR) is 55.6 cm³/mol. The van der Waals surface area contributed by atoms with Crippen LogP contribution >= 0.6 is 11.6 Å². The van der Waals surface area contributed by atoms with Crippen molar-refractivity contribution in [3.63, 3.8) is 0 Å². The molecule has 1 heterocycles. The summed E-state index contributed by atoms with van der Waals surface area (Å²) in [4.78, 5) is 0. The number of ether oxygens (including phenoxy) is 2. The van der Waals surface area contributed by atoms with Crippen LogP contribution < -0.4 is 0 Å². The highest BCUT2D eigenvalue weighted by Crippen LogP contribution is 2.21. The number of rotatable bonds is 4. The minimum Gasteiger partial charge on any atom is -0.371 e. The molecule has 0 N–H and O–H groups in total. The average Bonchev–Trinajstić information content (AvgIpc) is 2.99. The summed E-state index contributed by atoms with van der Waals surface area (Å²) >= 11 is 5.79. The summed E-state index contributed by atoms with van der Waals surface area (Å²) in [6.45, 7) is 3.56. The Balaban J connectivity index is 1.88. The third kappa shape index (κ3) is 2.71. The van der Waals surface area contributed by atoms with Crippen molar-refractivity contribution >= 4 is 11.6 Å². The van der Waals surface area contributed by atoms with Crippen LogP contribution in [0.3, 0.4) is 0 Å². The maximum absolute atomic E-state index is 5.79. The van der Waals surface area contributed by atoms with Crippen LogP contribution in [-0.2, 0) is 9.47 Å². The van der Waals surface area contributed by atoms with E-state index in [1.807, 2.05) is 31.2 Å². The highest BCUT2D eigenvalue weighted by molar-refractivity contribution is 6.30. The second-order valence-corrected chi connectivity index (χ2v) is 3.92. The number of hydrogen-bond acceptors (Lipinski definition) is 2. The Morgan fingerprint density at radius 3 is 2.71 bits per heavy atom. The Bertz CT molecular complexity index is 293. The van der Waals surface area contributed by atoms with Gasteiger partial charge in [0.2, 0.25) is 0 Å². The topological polar surface area (TPSA) is 21.8 Å². The Labute approximate surface area is 88.8 Å². The molecule has 2 atom stereocenters. The third-order valence-corrected chi connectivity index (χ3v) is 2.53. The summed E-state index contributed by atoms with van der Waals surface area (Å²) in [7, 11) is 0. The molecule has 0 saturated carbocycles. The monoisotopic (exact) mass is 212 g/mol. The fourth-order valence-corrected chi connectivity index (χ4v) is 1.37. The molecule has 0 aliphatic carbocycles. The molecule has 0 aromatic heterocycles. The van der Waals surface area contributed by atoms with Gasteiger partial charge in [-0.2, -0.15) is 0 Å². The van der Waals surface area contributed by atoms with E-state index in [0.717, 1.165) is 17.2 Å². The largest absolute Gasteiger partial charge is 0.371 e. The molecular weight excluding hydrogens is 200 g/mol. The molecule has 0 radical (unpaired) electrons. The fraction of sp³-hybridized carbons (Fsp3) is 0.455. The SMILES string of the molecule is C[C@@H](OC[C@H]1CO1)c1ccc(Cl)cc1. The van der Waals surface area contributed by atoms with Crippen LogP contribution in [0.1, 0.15) is 18.6 Å². The molecule has 3 heteroatoms. The molecular formula is C11H13ClO2. The van der Waals surface area contributed by atoms with Crippen LogP contribution in [0.2, 0.25) is 5.02 Å². The first-order chi connectivity index (χ1) is 6.75. The summed E-state index contributed by atoms with van der Waals surface area (Å²) in [5.74, 6) is 0. The maximum atomic E-state index is 5.79. The summed E-state index contributed by atoms with van der Waals surface area (Å²) in [5.41, 5.74) is 1.15. The minimum atomic E-state index is 0.108. The molecule has 2 rings (SSSR count). The van der Waals surface area contributed by atoms with Crippen LogP contribution in [0.15, 0.2) is 24.3 Å². The number of epoxide rings is 1. The smallest absolute Gasteiger partial charge is 0.104 e. The van der Waals surface area contributed by atoms with Gasteiger partial charge in [0.05, 0.1) is 19.3 Å². The maximum Gasteiger partial charge on any atom is 0.104 e. The zero-order valence-corrected chi connectivity index (χ0v) is 8.83. The van der Waals surface area contributed by atoms with E-state index < -0.39 is 0 Å². The highest BCUT2D eigenvalue weighted by Gasteiger charge is 2.23. The summed E-state index contributed by atoms with van der Waals surface area (Å²) in [5, 5.41) is 0.756. The third-order valence-electron chi connectivity index (χ3n) is 2.27. The van der Waals surface area contributed by atoms with Crippen LogP contribution in [0, 0.1) is 0 Å². The molecule has 1 aliphatic rings. The summed E-state index contributed by atoms with van der Waals surface area (Å²) in [6, 6.07) is 7.73. The molecule has 0 bridgehead atoms. The van der Waals surface area contributed by atoms with Gasteiger partial charge in [-0.15, -0.1) is 0 Å². The van der Waals surface area contributed by atoms with E-state index in [-0.39, 0.29) is 6.10 Å². The van der Waals surface area contributed by atoms with Gasteiger partial charge in [0.15, 0.2) is 0 Å². The van der Waals surface area contributed by atoms with Gasteiger partial charge < -0.3 is 9.47 Å². The number of hydrogen-bond donors (Lipinski definition) is 0. The molecule has 1 aliphatic heterocycles. The highest BCUT2D eigenvalue weighted by atomic mass is 35.5. The predicted octanol–water partition coefficient (Wildman–Crippen LogP) is 2.82. The molecule has 76 valence electrons. The van der Waals surface area contributed by atoms with E-state index in [1.54, 1.807) is 0 Å². The van der Waals surface area contributed by atoms with Gasteiger partial charge in [0.25, 0.3) is 0 Å². The lowest BCUT2D eigenvalue weighted by Crippen LogP contribution is -2.05. The Kier molecular flexibility index (Phi) is 3.06. The van der Waals surface area contributed by atoms with Gasteiger partial charge in [-0.05, 0) is 24.6 Å². The molecule has 0 amide bonds. The van der Waals surface area contributed by atoms with Crippen LogP contribution in [0.5, 0.6) is 0 Å². The van der Waals surface area contributed by atoms with Gasteiger partial charge in [-0.3, -0.25) is 0 Å². The van der Waals surface area contributed by atoms with Gasteiger partial charge in [0, 0.05) is 5.02 Å². The van der Waals surface area contributed by atoms with Crippen molar-refractivity contribution in [3.05, 3.63) is 34.9 Å². The Morgan fingerprint density at radius 2 is 2.14 bits per heavy atom. The second-order valence-electron chi connectivity index (χ2n) is 3.48. The van der Waals surface area contributed by atoms with Crippen LogP contribution in [-0.4, -0.2) is 19.3 Å². The molecule has 2 nitrogen and oxygen atoms in total. The van der Waals surface area contributed by atoms with Crippen molar-refractivity contribution in [1.29, 1.82) is 0 Å². The standard InChI is InChI=1S/C11H13ClO2/c1-8(13-6-11-7-14-11)9-2-4-10(12)5-3-9/h2-5,8,11H,6-7H2,1H3/t8-,11+/m1/s1. The van der Waals surface area contributed by atoms with Crippen molar-refractivity contribution in [2.75, 3.05) is 13.2 Å². The van der Waals surface area contributed by atoms with Crippen LogP contribution in [0.25, 0.3) is 0 Å². The van der Waals surface area contributed by atoms with Gasteiger partial charge in [-0.1, -0.05) is 23.7 Å². The lowest BCUT2D eigenvalue weighted by atomic mass is 10.1. The summed E-state index contributed by atoms with van der Waals surface area (Å²) in [6.07, 6.45) is 0.432. The van der Waals surface area contributed by atoms with Crippen molar-refractivity contribution in [2.24, 2.45) is 0 Å². The molecule has 14 heavy (non-hydrogen) atoms. The van der Waals surface area contributed by atoms with E-state index >= 15 is 0 Å². The molecule has 1 aromatic carbocycles. The summed E-state index contributed by atoms with van der Waals surface area (Å²) < 4.78 is 10.7. The molecule has 1 aromatic rings. The lowest BCUT2D eigenvalue weighted by molar-refractivity contribution is 0.0540. The first kappa shape index (κ1) is 9.97. The molecule has 0 unspecified atom stereocenters. The zero-order chi connectivity index (χ0) is 9.97. The normalized spacial score (nSPS) is 22.0. The fourth-order valence-electron chi connectivity index (χ4n) is 1.25. The Morgan fingerprint density at radius 1 is 1.50 bits per heavy atom. The van der Waals surface area contributed by atoms with E-state index in [0.29, 0.717) is 12.7 Å². The van der Waals surface area contributed by atoms with E-state index in [4.69, 9.17) is 21.1 Å². The van der Waals surface area contributed by atoms with Crippen molar-refractivity contribution < 1.29 is 9.47 Å². The van der Waals surface area contributed by atoms with Crippen molar-refractivity contribution in [3.8, 4) is 0 Å². The molecule has 0 spiro atoms.